The lowest BCUT2D eigenvalue weighted by Gasteiger charge is -2.14. The van der Waals surface area contributed by atoms with Gasteiger partial charge in [0, 0.05) is 20.7 Å². The molecule has 3 N–H and O–H groups in total. The molecule has 1 aliphatic heterocycles. The number of hydrogen-bond donors (Lipinski definition) is 2. The number of carbonyl (C=O) groups excluding carboxylic acids is 1. The third-order valence-corrected chi connectivity index (χ3v) is 5.32. The van der Waals surface area contributed by atoms with Crippen molar-refractivity contribution < 1.29 is 4.79 Å². The van der Waals surface area contributed by atoms with Crippen LogP contribution >= 0.6 is 27.7 Å². The maximum atomic E-state index is 12.4. The standard InChI is InChI=1S/C16H15BrN2OS/c17-11-6-7-12(18)15(9-11)21-14-8-5-10-3-1-2-4-13(10)19-16(14)20/h1-4,6-7,9,14H,5,8,18H2,(H,19,20). The minimum Gasteiger partial charge on any atom is -0.398 e. The van der Waals surface area contributed by atoms with Crippen LogP contribution in [0.1, 0.15) is 12.0 Å². The number of aryl methyl sites for hydroxylation is 1. The summed E-state index contributed by atoms with van der Waals surface area (Å²) in [4.78, 5) is 13.3. The first-order chi connectivity index (χ1) is 10.1. The highest BCUT2D eigenvalue weighted by molar-refractivity contribution is 9.10. The topological polar surface area (TPSA) is 55.1 Å². The lowest BCUT2D eigenvalue weighted by atomic mass is 10.1. The van der Waals surface area contributed by atoms with Gasteiger partial charge in [-0.15, -0.1) is 11.8 Å². The first-order valence-electron chi connectivity index (χ1n) is 6.74. The number of nitrogens with one attached hydrogen (secondary N) is 1. The Hall–Kier alpha value is -1.46. The predicted octanol–water partition coefficient (Wildman–Crippen LogP) is 4.08. The molecule has 1 heterocycles. The van der Waals surface area contributed by atoms with Crippen molar-refractivity contribution in [1.82, 2.24) is 0 Å². The summed E-state index contributed by atoms with van der Waals surface area (Å²) in [6, 6.07) is 13.7. The lowest BCUT2D eigenvalue weighted by molar-refractivity contribution is -0.115. The molecule has 1 aliphatic rings. The molecule has 0 bridgehead atoms. The van der Waals surface area contributed by atoms with Gasteiger partial charge in [-0.25, -0.2) is 0 Å². The SMILES string of the molecule is Nc1ccc(Br)cc1SC1CCc2ccccc2NC1=O. The molecule has 3 nitrogen and oxygen atoms in total. The Morgan fingerprint density at radius 2 is 2.05 bits per heavy atom. The Bertz CT molecular complexity index is 690. The van der Waals surface area contributed by atoms with Crippen LogP contribution in [0.2, 0.25) is 0 Å². The van der Waals surface area contributed by atoms with Crippen LogP contribution in [0.4, 0.5) is 11.4 Å². The van der Waals surface area contributed by atoms with Gasteiger partial charge in [-0.05, 0) is 42.7 Å². The average molecular weight is 363 g/mol. The molecule has 5 heteroatoms. The fraction of sp³-hybridized carbons (Fsp3) is 0.188. The minimum absolute atomic E-state index is 0.0457. The van der Waals surface area contributed by atoms with Crippen molar-refractivity contribution in [3.8, 4) is 0 Å². The van der Waals surface area contributed by atoms with Crippen LogP contribution in [0.25, 0.3) is 0 Å². The molecule has 0 aliphatic carbocycles. The number of rotatable bonds is 2. The number of anilines is 2. The van der Waals surface area contributed by atoms with Crippen molar-refractivity contribution in [1.29, 1.82) is 0 Å². The van der Waals surface area contributed by atoms with E-state index in [9.17, 15) is 4.79 Å². The van der Waals surface area contributed by atoms with Crippen LogP contribution in [-0.2, 0) is 11.2 Å². The van der Waals surface area contributed by atoms with Crippen LogP contribution in [0.5, 0.6) is 0 Å². The van der Waals surface area contributed by atoms with Crippen LogP contribution in [0.3, 0.4) is 0 Å². The number of hydrogen-bond acceptors (Lipinski definition) is 3. The lowest BCUT2D eigenvalue weighted by Crippen LogP contribution is -2.23. The van der Waals surface area contributed by atoms with Gasteiger partial charge >= 0.3 is 0 Å². The van der Waals surface area contributed by atoms with Crippen molar-refractivity contribution >= 4 is 45.0 Å². The number of fused-ring (bicyclic) bond motifs is 1. The van der Waals surface area contributed by atoms with E-state index in [1.165, 1.54) is 17.3 Å². The molecular formula is C16H15BrN2OS. The average Bonchev–Trinajstić information content (AvgIpc) is 2.62. The van der Waals surface area contributed by atoms with Crippen molar-refractivity contribution in [2.24, 2.45) is 0 Å². The van der Waals surface area contributed by atoms with Gasteiger partial charge < -0.3 is 11.1 Å². The summed E-state index contributed by atoms with van der Waals surface area (Å²) >= 11 is 4.98. The summed E-state index contributed by atoms with van der Waals surface area (Å²) in [6.45, 7) is 0. The smallest absolute Gasteiger partial charge is 0.237 e. The zero-order valence-electron chi connectivity index (χ0n) is 11.3. The van der Waals surface area contributed by atoms with Gasteiger partial charge in [-0.1, -0.05) is 34.1 Å². The highest BCUT2D eigenvalue weighted by Gasteiger charge is 2.25. The third kappa shape index (κ3) is 3.24. The summed E-state index contributed by atoms with van der Waals surface area (Å²) in [5.74, 6) is 0.0457. The Morgan fingerprint density at radius 1 is 1.24 bits per heavy atom. The van der Waals surface area contributed by atoms with Gasteiger partial charge in [0.2, 0.25) is 5.91 Å². The zero-order chi connectivity index (χ0) is 14.8. The van der Waals surface area contributed by atoms with Gasteiger partial charge in [0.25, 0.3) is 0 Å². The molecule has 1 unspecified atom stereocenters. The fourth-order valence-electron chi connectivity index (χ4n) is 2.37. The number of thioether (sulfide) groups is 1. The van der Waals surface area contributed by atoms with E-state index in [1.54, 1.807) is 0 Å². The molecule has 0 radical (unpaired) electrons. The molecule has 1 atom stereocenters. The number of benzene rings is 2. The Kier molecular flexibility index (Phi) is 4.22. The molecule has 21 heavy (non-hydrogen) atoms. The summed E-state index contributed by atoms with van der Waals surface area (Å²) in [5.41, 5.74) is 8.82. The molecule has 0 aromatic heterocycles. The van der Waals surface area contributed by atoms with E-state index in [0.29, 0.717) is 5.69 Å². The molecule has 0 spiro atoms. The predicted molar refractivity (Wildman–Crippen MR) is 91.6 cm³/mol. The summed E-state index contributed by atoms with van der Waals surface area (Å²) < 4.78 is 0.969. The Morgan fingerprint density at radius 3 is 2.90 bits per heavy atom. The first-order valence-corrected chi connectivity index (χ1v) is 8.41. The van der Waals surface area contributed by atoms with Crippen LogP contribution < -0.4 is 11.1 Å². The van der Waals surface area contributed by atoms with Crippen LogP contribution in [0, 0.1) is 0 Å². The molecule has 0 saturated carbocycles. The minimum atomic E-state index is -0.131. The zero-order valence-corrected chi connectivity index (χ0v) is 13.7. The number of amides is 1. The highest BCUT2D eigenvalue weighted by Crippen LogP contribution is 2.35. The second-order valence-corrected chi connectivity index (χ2v) is 7.13. The normalized spacial score (nSPS) is 17.8. The Labute approximate surface area is 136 Å². The van der Waals surface area contributed by atoms with E-state index in [-0.39, 0.29) is 11.2 Å². The Balaban J connectivity index is 1.81. The summed E-state index contributed by atoms with van der Waals surface area (Å²) in [5, 5.41) is 2.88. The summed E-state index contributed by atoms with van der Waals surface area (Å²) in [7, 11) is 0. The first kappa shape index (κ1) is 14.5. The second kappa shape index (κ2) is 6.12. The molecule has 1 amide bonds. The van der Waals surface area contributed by atoms with E-state index in [0.717, 1.165) is 27.9 Å². The van der Waals surface area contributed by atoms with Gasteiger partial charge in [-0.3, -0.25) is 4.79 Å². The van der Waals surface area contributed by atoms with Crippen molar-refractivity contribution in [3.05, 3.63) is 52.5 Å². The molecular weight excluding hydrogens is 348 g/mol. The highest BCUT2D eigenvalue weighted by atomic mass is 79.9. The quantitative estimate of drug-likeness (QED) is 0.791. The molecule has 3 rings (SSSR count). The number of halogens is 1. The van der Waals surface area contributed by atoms with E-state index in [4.69, 9.17) is 5.73 Å². The van der Waals surface area contributed by atoms with E-state index < -0.39 is 0 Å². The van der Waals surface area contributed by atoms with Crippen molar-refractivity contribution in [2.45, 2.75) is 23.0 Å². The van der Waals surface area contributed by atoms with Gasteiger partial charge in [-0.2, -0.15) is 0 Å². The maximum Gasteiger partial charge on any atom is 0.237 e. The van der Waals surface area contributed by atoms with E-state index >= 15 is 0 Å². The van der Waals surface area contributed by atoms with Gasteiger partial charge in [0.15, 0.2) is 0 Å². The van der Waals surface area contributed by atoms with Crippen LogP contribution in [-0.4, -0.2) is 11.2 Å². The van der Waals surface area contributed by atoms with Gasteiger partial charge in [0.05, 0.1) is 5.25 Å². The molecule has 0 fully saturated rings. The second-order valence-electron chi connectivity index (χ2n) is 4.97. The number of nitrogens with two attached hydrogens (primary N) is 1. The van der Waals surface area contributed by atoms with Gasteiger partial charge in [0.1, 0.15) is 0 Å². The molecule has 2 aromatic rings. The largest absolute Gasteiger partial charge is 0.398 e. The number of nitrogen functional groups attached to an aromatic ring is 1. The number of para-hydroxylation sites is 1. The molecule has 0 saturated heterocycles. The van der Waals surface area contributed by atoms with Crippen LogP contribution in [0.15, 0.2) is 51.8 Å². The fourth-order valence-corrected chi connectivity index (χ4v) is 3.99. The van der Waals surface area contributed by atoms with E-state index in [2.05, 4.69) is 27.3 Å². The molecule has 108 valence electrons. The monoisotopic (exact) mass is 362 g/mol. The molecule has 2 aromatic carbocycles. The van der Waals surface area contributed by atoms with Crippen molar-refractivity contribution in [2.75, 3.05) is 11.1 Å². The number of carbonyl (C=O) groups is 1. The van der Waals surface area contributed by atoms with Crippen molar-refractivity contribution in [3.63, 3.8) is 0 Å². The summed E-state index contributed by atoms with van der Waals surface area (Å²) in [6.07, 6.45) is 1.69. The van der Waals surface area contributed by atoms with E-state index in [1.807, 2.05) is 36.4 Å². The third-order valence-electron chi connectivity index (χ3n) is 3.49. The maximum absolute atomic E-state index is 12.4.